The van der Waals surface area contributed by atoms with Gasteiger partial charge in [-0.15, -0.1) is 0 Å². The van der Waals surface area contributed by atoms with Gasteiger partial charge in [0, 0.05) is 0 Å². The fourth-order valence-corrected chi connectivity index (χ4v) is 4.32. The van der Waals surface area contributed by atoms with E-state index in [1.54, 1.807) is 19.1 Å². The van der Waals surface area contributed by atoms with E-state index in [1.165, 1.54) is 12.1 Å². The minimum Gasteiger partial charge on any atom is -0.447 e. The van der Waals surface area contributed by atoms with Gasteiger partial charge < -0.3 is 4.74 Å². The van der Waals surface area contributed by atoms with Crippen molar-refractivity contribution in [2.75, 3.05) is 6.61 Å². The third-order valence-corrected chi connectivity index (χ3v) is 6.34. The smallest absolute Gasteiger partial charge is 0.416 e. The second kappa shape index (κ2) is 9.05. The van der Waals surface area contributed by atoms with Gasteiger partial charge >= 0.3 is 6.09 Å². The Hall–Kier alpha value is -1.93. The predicted molar refractivity (Wildman–Crippen MR) is 104 cm³/mol. The minimum absolute atomic E-state index is 0.0319. The summed E-state index contributed by atoms with van der Waals surface area (Å²) in [4.78, 5) is 26.2. The summed E-state index contributed by atoms with van der Waals surface area (Å²) in [5, 5.41) is 0. The summed E-state index contributed by atoms with van der Waals surface area (Å²) in [5.41, 5.74) is 0.930. The van der Waals surface area contributed by atoms with E-state index >= 15 is 0 Å². The van der Waals surface area contributed by atoms with Crippen LogP contribution in [-0.4, -0.2) is 44.1 Å². The Morgan fingerprint density at radius 2 is 1.86 bits per heavy atom. The number of carbonyl (C=O) groups is 2. The molecular weight excluding hydrogens is 382 g/mol. The Labute approximate surface area is 167 Å². The number of rotatable bonds is 8. The van der Waals surface area contributed by atoms with Crippen LogP contribution in [0.4, 0.5) is 4.79 Å². The number of amides is 2. The molecule has 1 aromatic rings. The minimum atomic E-state index is -4.03. The van der Waals surface area contributed by atoms with Gasteiger partial charge in [0.1, 0.15) is 6.61 Å². The summed E-state index contributed by atoms with van der Waals surface area (Å²) in [5.74, 6) is -1.25. The summed E-state index contributed by atoms with van der Waals surface area (Å²) < 4.78 is 35.8. The summed E-state index contributed by atoms with van der Waals surface area (Å²) in [6.45, 7) is 9.29. The molecule has 2 amide bonds. The molecule has 2 rings (SSSR count). The van der Waals surface area contributed by atoms with Gasteiger partial charge in [-0.2, -0.15) is 8.42 Å². The van der Waals surface area contributed by atoms with Gasteiger partial charge in [0.15, 0.2) is 0 Å². The Morgan fingerprint density at radius 1 is 1.25 bits per heavy atom. The van der Waals surface area contributed by atoms with Crippen LogP contribution in [0.25, 0.3) is 0 Å². The van der Waals surface area contributed by atoms with Gasteiger partial charge in [0.25, 0.3) is 10.1 Å². The lowest BCUT2D eigenvalue weighted by molar-refractivity contribution is -0.136. The van der Waals surface area contributed by atoms with Crippen molar-refractivity contribution >= 4 is 22.1 Å². The van der Waals surface area contributed by atoms with Crippen molar-refractivity contribution in [1.82, 2.24) is 4.90 Å². The van der Waals surface area contributed by atoms with E-state index in [0.717, 1.165) is 10.5 Å². The van der Waals surface area contributed by atoms with Crippen molar-refractivity contribution in [3.8, 4) is 0 Å². The molecule has 0 spiro atoms. The van der Waals surface area contributed by atoms with E-state index < -0.39 is 34.1 Å². The normalized spacial score (nSPS) is 19.6. The van der Waals surface area contributed by atoms with Crippen LogP contribution in [0.2, 0.25) is 0 Å². The Balaban J connectivity index is 2.23. The highest BCUT2D eigenvalue weighted by molar-refractivity contribution is 7.86. The maximum Gasteiger partial charge on any atom is 0.416 e. The van der Waals surface area contributed by atoms with E-state index in [9.17, 15) is 18.0 Å². The van der Waals surface area contributed by atoms with Crippen LogP contribution in [0.3, 0.4) is 0 Å². The number of hydrogen-bond donors (Lipinski definition) is 0. The van der Waals surface area contributed by atoms with Crippen LogP contribution >= 0.6 is 0 Å². The van der Waals surface area contributed by atoms with E-state index in [-0.39, 0.29) is 23.5 Å². The lowest BCUT2D eigenvalue weighted by Crippen LogP contribution is -2.47. The first-order valence-electron chi connectivity index (χ1n) is 9.58. The van der Waals surface area contributed by atoms with Crippen molar-refractivity contribution < 1.29 is 26.9 Å². The number of ether oxygens (including phenoxy) is 1. The number of carbonyl (C=O) groups excluding carboxylic acids is 2. The number of cyclic esters (lactones) is 1. The van der Waals surface area contributed by atoms with Gasteiger partial charge in [0.05, 0.1) is 23.0 Å². The fourth-order valence-electron chi connectivity index (χ4n) is 3.15. The number of aryl methyl sites for hydroxylation is 1. The Kier molecular flexibility index (Phi) is 7.22. The number of hydrogen-bond acceptors (Lipinski definition) is 6. The molecule has 8 heteroatoms. The van der Waals surface area contributed by atoms with Gasteiger partial charge in [-0.05, 0) is 31.4 Å². The molecule has 0 saturated carbocycles. The molecule has 0 bridgehead atoms. The summed E-state index contributed by atoms with van der Waals surface area (Å²) in [6.07, 6.45) is -0.561. The molecule has 0 aliphatic carbocycles. The quantitative estimate of drug-likeness (QED) is 0.608. The molecule has 1 saturated heterocycles. The molecule has 156 valence electrons. The van der Waals surface area contributed by atoms with Crippen LogP contribution in [0.1, 0.15) is 46.1 Å². The molecule has 3 atom stereocenters. The van der Waals surface area contributed by atoms with Crippen molar-refractivity contribution in [2.24, 2.45) is 11.8 Å². The van der Waals surface area contributed by atoms with Gasteiger partial charge in [-0.3, -0.25) is 8.98 Å². The lowest BCUT2D eigenvalue weighted by atomic mass is 9.97. The SMILES string of the molecule is CCC[C@@H](OS(=O)(=O)c1ccc(C)cc1)[C@H](C)C(=O)N1C(=O)OC[C@@H]1C(C)C. The molecule has 1 fully saturated rings. The zero-order chi connectivity index (χ0) is 21.1. The molecule has 0 aromatic heterocycles. The molecule has 1 aliphatic rings. The van der Waals surface area contributed by atoms with Gasteiger partial charge in [-0.1, -0.05) is 51.8 Å². The molecule has 1 heterocycles. The number of imide groups is 1. The van der Waals surface area contributed by atoms with Crippen molar-refractivity contribution in [2.45, 2.75) is 64.5 Å². The second-order valence-corrected chi connectivity index (χ2v) is 9.15. The van der Waals surface area contributed by atoms with Gasteiger partial charge in [-0.25, -0.2) is 9.69 Å². The summed E-state index contributed by atoms with van der Waals surface area (Å²) in [6, 6.07) is 5.97. The first-order valence-corrected chi connectivity index (χ1v) is 11.0. The maximum atomic E-state index is 13.0. The first kappa shape index (κ1) is 22.4. The highest BCUT2D eigenvalue weighted by Gasteiger charge is 2.43. The second-order valence-electron chi connectivity index (χ2n) is 7.58. The summed E-state index contributed by atoms with van der Waals surface area (Å²) >= 11 is 0. The van der Waals surface area contributed by atoms with E-state index in [1.807, 2.05) is 27.7 Å². The molecule has 1 aliphatic heterocycles. The average Bonchev–Trinajstić information content (AvgIpc) is 3.02. The number of benzene rings is 1. The summed E-state index contributed by atoms with van der Waals surface area (Å²) in [7, 11) is -4.03. The number of nitrogens with zero attached hydrogens (tertiary/aromatic N) is 1. The molecule has 7 nitrogen and oxygen atoms in total. The van der Waals surface area contributed by atoms with E-state index in [0.29, 0.717) is 12.8 Å². The molecule has 1 aromatic carbocycles. The van der Waals surface area contributed by atoms with Gasteiger partial charge in [0.2, 0.25) is 5.91 Å². The average molecular weight is 412 g/mol. The highest BCUT2D eigenvalue weighted by Crippen LogP contribution is 2.27. The van der Waals surface area contributed by atoms with Crippen LogP contribution in [-0.2, 0) is 23.8 Å². The fraction of sp³-hybridized carbons (Fsp3) is 0.600. The third kappa shape index (κ3) is 4.91. The molecule has 28 heavy (non-hydrogen) atoms. The van der Waals surface area contributed by atoms with Crippen molar-refractivity contribution in [3.05, 3.63) is 29.8 Å². The zero-order valence-corrected chi connectivity index (χ0v) is 17.9. The monoisotopic (exact) mass is 411 g/mol. The maximum absolute atomic E-state index is 13.0. The van der Waals surface area contributed by atoms with Crippen LogP contribution in [0, 0.1) is 18.8 Å². The third-order valence-electron chi connectivity index (χ3n) is 4.99. The molecular formula is C20H29NO6S. The zero-order valence-electron chi connectivity index (χ0n) is 17.0. The molecule has 0 radical (unpaired) electrons. The topological polar surface area (TPSA) is 90.0 Å². The van der Waals surface area contributed by atoms with Crippen LogP contribution in [0.15, 0.2) is 29.2 Å². The largest absolute Gasteiger partial charge is 0.447 e. The molecule has 0 N–H and O–H groups in total. The van der Waals surface area contributed by atoms with Crippen molar-refractivity contribution in [3.63, 3.8) is 0 Å². The predicted octanol–water partition coefficient (Wildman–Crippen LogP) is 3.51. The Bertz CT molecular complexity index is 802. The first-order chi connectivity index (χ1) is 13.1. The van der Waals surface area contributed by atoms with Crippen molar-refractivity contribution in [1.29, 1.82) is 0 Å². The highest BCUT2D eigenvalue weighted by atomic mass is 32.2. The van der Waals surface area contributed by atoms with Crippen LogP contribution in [0.5, 0.6) is 0 Å². The van der Waals surface area contributed by atoms with Crippen LogP contribution < -0.4 is 0 Å². The standard InChI is InChI=1S/C20H29NO6S/c1-6-7-18(27-28(24,25)16-10-8-14(4)9-11-16)15(5)19(22)21-17(13(2)3)12-26-20(21)23/h8-11,13,15,17-18H,6-7,12H2,1-5H3/t15-,17+,18+/m0/s1. The Morgan fingerprint density at radius 3 is 2.39 bits per heavy atom. The van der Waals surface area contributed by atoms with E-state index in [2.05, 4.69) is 0 Å². The van der Waals surface area contributed by atoms with E-state index in [4.69, 9.17) is 8.92 Å². The molecule has 0 unspecified atom stereocenters. The lowest BCUT2D eigenvalue weighted by Gasteiger charge is -2.29.